The number of benzene rings is 1. The first kappa shape index (κ1) is 15.9. The number of allylic oxidation sites excluding steroid dienone is 2. The Bertz CT molecular complexity index is 462. The van der Waals surface area contributed by atoms with E-state index in [9.17, 15) is 13.2 Å². The number of alkyl halides is 3. The molecule has 21 heavy (non-hydrogen) atoms. The molecule has 0 radical (unpaired) electrons. The topological polar surface area (TPSA) is 12.0 Å². The second-order valence-corrected chi connectivity index (χ2v) is 5.81. The van der Waals surface area contributed by atoms with E-state index >= 15 is 0 Å². The van der Waals surface area contributed by atoms with Crippen LogP contribution in [0.4, 0.5) is 18.9 Å². The number of nitrogens with one attached hydrogen (secondary N) is 1. The molecule has 0 aromatic heterocycles. The molecule has 0 saturated heterocycles. The van der Waals surface area contributed by atoms with Crippen LogP contribution in [0.3, 0.4) is 0 Å². The van der Waals surface area contributed by atoms with Gasteiger partial charge in [0, 0.05) is 12.2 Å². The van der Waals surface area contributed by atoms with Crippen LogP contribution in [-0.2, 0) is 6.18 Å². The summed E-state index contributed by atoms with van der Waals surface area (Å²) in [6.45, 7) is 3.08. The summed E-state index contributed by atoms with van der Waals surface area (Å²) >= 11 is 0. The van der Waals surface area contributed by atoms with Crippen molar-refractivity contribution < 1.29 is 13.2 Å². The third-order valence-electron chi connectivity index (χ3n) is 4.24. The zero-order valence-electron chi connectivity index (χ0n) is 12.3. The van der Waals surface area contributed by atoms with Crippen molar-refractivity contribution in [3.05, 3.63) is 42.0 Å². The van der Waals surface area contributed by atoms with Crippen LogP contribution in [0, 0.1) is 11.8 Å². The highest BCUT2D eigenvalue weighted by atomic mass is 19.4. The third kappa shape index (κ3) is 4.80. The summed E-state index contributed by atoms with van der Waals surface area (Å²) in [5.74, 6) is 1.36. The van der Waals surface area contributed by atoms with E-state index in [1.165, 1.54) is 18.6 Å². The Labute approximate surface area is 124 Å². The SMILES string of the molecule is CC1CC=CCCC1CCNc1ccc(C(F)(F)F)cc1. The van der Waals surface area contributed by atoms with Gasteiger partial charge >= 0.3 is 6.18 Å². The molecule has 1 nitrogen and oxygen atoms in total. The Hall–Kier alpha value is -1.45. The van der Waals surface area contributed by atoms with Gasteiger partial charge in [0.25, 0.3) is 0 Å². The van der Waals surface area contributed by atoms with Crippen LogP contribution >= 0.6 is 0 Å². The molecular weight excluding hydrogens is 275 g/mol. The van der Waals surface area contributed by atoms with Crippen LogP contribution in [0.2, 0.25) is 0 Å². The van der Waals surface area contributed by atoms with Crippen LogP contribution in [-0.4, -0.2) is 6.54 Å². The number of rotatable bonds is 4. The van der Waals surface area contributed by atoms with Crippen LogP contribution in [0.1, 0.15) is 38.2 Å². The number of halogens is 3. The molecule has 1 N–H and O–H groups in total. The minimum Gasteiger partial charge on any atom is -0.385 e. The van der Waals surface area contributed by atoms with E-state index in [1.54, 1.807) is 0 Å². The van der Waals surface area contributed by atoms with Crippen molar-refractivity contribution in [2.75, 3.05) is 11.9 Å². The minimum atomic E-state index is -4.26. The van der Waals surface area contributed by atoms with E-state index in [2.05, 4.69) is 24.4 Å². The lowest BCUT2D eigenvalue weighted by Crippen LogP contribution is -2.15. The van der Waals surface area contributed by atoms with E-state index < -0.39 is 11.7 Å². The molecule has 0 bridgehead atoms. The van der Waals surface area contributed by atoms with Crippen molar-refractivity contribution in [1.29, 1.82) is 0 Å². The number of hydrogen-bond donors (Lipinski definition) is 1. The molecule has 2 rings (SSSR count). The molecule has 0 fully saturated rings. The van der Waals surface area contributed by atoms with E-state index in [0.717, 1.165) is 43.6 Å². The molecule has 4 heteroatoms. The Balaban J connectivity index is 1.80. The molecule has 0 heterocycles. The monoisotopic (exact) mass is 297 g/mol. The molecule has 0 amide bonds. The first-order valence-corrected chi connectivity index (χ1v) is 7.53. The summed E-state index contributed by atoms with van der Waals surface area (Å²) in [6.07, 6.45) is 4.77. The predicted octanol–water partition coefficient (Wildman–Crippen LogP) is 5.50. The second-order valence-electron chi connectivity index (χ2n) is 5.81. The summed E-state index contributed by atoms with van der Waals surface area (Å²) in [5, 5.41) is 3.22. The van der Waals surface area contributed by atoms with Crippen molar-refractivity contribution in [2.24, 2.45) is 11.8 Å². The lowest BCUT2D eigenvalue weighted by atomic mass is 9.87. The van der Waals surface area contributed by atoms with Crippen molar-refractivity contribution >= 4 is 5.69 Å². The van der Waals surface area contributed by atoms with E-state index in [-0.39, 0.29) is 0 Å². The van der Waals surface area contributed by atoms with Gasteiger partial charge in [0.2, 0.25) is 0 Å². The predicted molar refractivity (Wildman–Crippen MR) is 80.2 cm³/mol. The van der Waals surface area contributed by atoms with Gasteiger partial charge in [-0.05, 0) is 61.8 Å². The lowest BCUT2D eigenvalue weighted by molar-refractivity contribution is -0.137. The van der Waals surface area contributed by atoms with Crippen LogP contribution in [0.25, 0.3) is 0 Å². The molecule has 0 aliphatic heterocycles. The van der Waals surface area contributed by atoms with Gasteiger partial charge in [-0.2, -0.15) is 13.2 Å². The van der Waals surface area contributed by atoms with E-state index in [1.807, 2.05) is 0 Å². The van der Waals surface area contributed by atoms with Crippen molar-refractivity contribution in [2.45, 2.75) is 38.8 Å². The molecular formula is C17H22F3N. The van der Waals surface area contributed by atoms with Gasteiger partial charge < -0.3 is 5.32 Å². The van der Waals surface area contributed by atoms with Crippen LogP contribution in [0.15, 0.2) is 36.4 Å². The fraction of sp³-hybridized carbons (Fsp3) is 0.529. The fourth-order valence-electron chi connectivity index (χ4n) is 2.82. The Morgan fingerprint density at radius 3 is 2.52 bits per heavy atom. The second kappa shape index (κ2) is 7.01. The van der Waals surface area contributed by atoms with Gasteiger partial charge in [-0.25, -0.2) is 0 Å². The number of hydrogen-bond acceptors (Lipinski definition) is 1. The fourth-order valence-corrected chi connectivity index (χ4v) is 2.82. The van der Waals surface area contributed by atoms with E-state index in [0.29, 0.717) is 11.8 Å². The summed E-state index contributed by atoms with van der Waals surface area (Å²) in [4.78, 5) is 0. The van der Waals surface area contributed by atoms with Gasteiger partial charge in [0.15, 0.2) is 0 Å². The molecule has 0 saturated carbocycles. The molecule has 1 aromatic carbocycles. The Morgan fingerprint density at radius 2 is 1.86 bits per heavy atom. The Morgan fingerprint density at radius 1 is 1.14 bits per heavy atom. The summed E-state index contributed by atoms with van der Waals surface area (Å²) in [5.41, 5.74) is 0.152. The zero-order valence-corrected chi connectivity index (χ0v) is 12.3. The maximum Gasteiger partial charge on any atom is 0.416 e. The molecule has 0 spiro atoms. The molecule has 1 aromatic rings. The van der Waals surface area contributed by atoms with Crippen molar-refractivity contribution in [3.8, 4) is 0 Å². The minimum absolute atomic E-state index is 0.600. The van der Waals surface area contributed by atoms with Gasteiger partial charge in [0.05, 0.1) is 5.56 Å². The average Bonchev–Trinajstić information content (AvgIpc) is 2.64. The van der Waals surface area contributed by atoms with E-state index in [4.69, 9.17) is 0 Å². The maximum atomic E-state index is 12.5. The maximum absolute atomic E-state index is 12.5. The number of anilines is 1. The largest absolute Gasteiger partial charge is 0.416 e. The lowest BCUT2D eigenvalue weighted by Gasteiger charge is -2.21. The molecule has 2 atom stereocenters. The van der Waals surface area contributed by atoms with Crippen molar-refractivity contribution in [1.82, 2.24) is 0 Å². The van der Waals surface area contributed by atoms with Crippen molar-refractivity contribution in [3.63, 3.8) is 0 Å². The summed E-state index contributed by atoms with van der Waals surface area (Å²) in [6, 6.07) is 5.25. The van der Waals surface area contributed by atoms with Gasteiger partial charge in [0.1, 0.15) is 0 Å². The molecule has 2 unspecified atom stereocenters. The van der Waals surface area contributed by atoms with Gasteiger partial charge in [-0.3, -0.25) is 0 Å². The average molecular weight is 297 g/mol. The highest BCUT2D eigenvalue weighted by molar-refractivity contribution is 5.45. The molecule has 1 aliphatic carbocycles. The highest BCUT2D eigenvalue weighted by Gasteiger charge is 2.29. The van der Waals surface area contributed by atoms with Gasteiger partial charge in [-0.15, -0.1) is 0 Å². The van der Waals surface area contributed by atoms with Crippen LogP contribution < -0.4 is 5.32 Å². The standard InChI is InChI=1S/C17H22F3N/c1-13-5-3-2-4-6-14(13)11-12-21-16-9-7-15(8-10-16)17(18,19)20/h2-3,7-10,13-14,21H,4-6,11-12H2,1H3. The zero-order chi connectivity index (χ0) is 15.3. The Kier molecular flexibility index (Phi) is 5.32. The summed E-state index contributed by atoms with van der Waals surface area (Å²) < 4.78 is 37.4. The third-order valence-corrected chi connectivity index (χ3v) is 4.24. The smallest absolute Gasteiger partial charge is 0.385 e. The normalized spacial score (nSPS) is 22.9. The first-order chi connectivity index (χ1) is 9.97. The quantitative estimate of drug-likeness (QED) is 0.724. The summed E-state index contributed by atoms with van der Waals surface area (Å²) in [7, 11) is 0. The van der Waals surface area contributed by atoms with Gasteiger partial charge in [-0.1, -0.05) is 19.1 Å². The molecule has 1 aliphatic rings. The first-order valence-electron chi connectivity index (χ1n) is 7.53. The molecule has 116 valence electrons. The van der Waals surface area contributed by atoms with Crippen LogP contribution in [0.5, 0.6) is 0 Å². The highest BCUT2D eigenvalue weighted by Crippen LogP contribution is 2.30.